The number of ether oxygens (including phenoxy) is 2. The van der Waals surface area contributed by atoms with Crippen molar-refractivity contribution >= 4 is 17.2 Å². The highest BCUT2D eigenvalue weighted by molar-refractivity contribution is 7.18. The lowest BCUT2D eigenvalue weighted by atomic mass is 10.2. The summed E-state index contributed by atoms with van der Waals surface area (Å²) in [7, 11) is 1.56. The molecule has 0 aliphatic rings. The number of rotatable bonds is 9. The summed E-state index contributed by atoms with van der Waals surface area (Å²) in [5, 5.41) is 8.15. The van der Waals surface area contributed by atoms with Crippen molar-refractivity contribution in [3.05, 3.63) is 82.8 Å². The van der Waals surface area contributed by atoms with Crippen molar-refractivity contribution in [2.75, 3.05) is 20.3 Å². The second kappa shape index (κ2) is 10.8. The fourth-order valence-corrected chi connectivity index (χ4v) is 4.30. The summed E-state index contributed by atoms with van der Waals surface area (Å²) in [5.74, 6) is 0.892. The van der Waals surface area contributed by atoms with Crippen LogP contribution in [0.2, 0.25) is 0 Å². The first-order valence-corrected chi connectivity index (χ1v) is 11.5. The summed E-state index contributed by atoms with van der Waals surface area (Å²) >= 11 is 1.53. The second-order valence-corrected chi connectivity index (χ2v) is 8.40. The van der Waals surface area contributed by atoms with Crippen LogP contribution in [0.1, 0.15) is 5.69 Å². The molecule has 0 bridgehead atoms. The van der Waals surface area contributed by atoms with Crippen LogP contribution in [-0.2, 0) is 11.3 Å². The highest BCUT2D eigenvalue weighted by atomic mass is 32.1. The molecule has 0 fully saturated rings. The van der Waals surface area contributed by atoms with Crippen LogP contribution in [0.5, 0.6) is 11.5 Å². The van der Waals surface area contributed by atoms with E-state index in [9.17, 15) is 9.59 Å². The number of amides is 1. The van der Waals surface area contributed by atoms with E-state index in [2.05, 4.69) is 15.4 Å². The average Bonchev–Trinajstić information content (AvgIpc) is 3.26. The summed E-state index contributed by atoms with van der Waals surface area (Å²) in [4.78, 5) is 30.0. The minimum absolute atomic E-state index is 0.141. The molecule has 1 amide bonds. The minimum atomic E-state index is -0.294. The van der Waals surface area contributed by atoms with Crippen LogP contribution < -0.4 is 20.3 Å². The Hall–Kier alpha value is -3.98. The number of thiazole rings is 1. The minimum Gasteiger partial charge on any atom is -0.497 e. The average molecular weight is 477 g/mol. The maximum Gasteiger partial charge on any atom is 0.266 e. The lowest BCUT2D eigenvalue weighted by Gasteiger charge is -2.10. The summed E-state index contributed by atoms with van der Waals surface area (Å²) in [6.07, 6.45) is 0. The predicted octanol–water partition coefficient (Wildman–Crippen LogP) is 3.55. The first-order chi connectivity index (χ1) is 16.5. The first-order valence-electron chi connectivity index (χ1n) is 10.7. The molecule has 0 saturated heterocycles. The van der Waals surface area contributed by atoms with Crippen LogP contribution in [0.4, 0.5) is 0 Å². The Balaban J connectivity index is 1.37. The Morgan fingerprint density at radius 1 is 1.06 bits per heavy atom. The van der Waals surface area contributed by atoms with Gasteiger partial charge in [0.1, 0.15) is 22.2 Å². The summed E-state index contributed by atoms with van der Waals surface area (Å²) in [6, 6.07) is 20.1. The summed E-state index contributed by atoms with van der Waals surface area (Å²) in [6.45, 7) is 2.27. The second-order valence-electron chi connectivity index (χ2n) is 7.40. The molecular weight excluding hydrogens is 452 g/mol. The number of nitrogens with one attached hydrogen (secondary N) is 1. The number of aromatic nitrogens is 3. The van der Waals surface area contributed by atoms with E-state index >= 15 is 0 Å². The van der Waals surface area contributed by atoms with E-state index in [1.807, 2.05) is 37.3 Å². The van der Waals surface area contributed by atoms with Gasteiger partial charge in [-0.3, -0.25) is 9.59 Å². The molecule has 4 rings (SSSR count). The highest BCUT2D eigenvalue weighted by Gasteiger charge is 2.14. The van der Waals surface area contributed by atoms with Gasteiger partial charge in [0.15, 0.2) is 6.61 Å². The summed E-state index contributed by atoms with van der Waals surface area (Å²) < 4.78 is 12.0. The number of nitrogens with zero attached hydrogens (tertiary/aromatic N) is 3. The number of methoxy groups -OCH3 is 1. The van der Waals surface area contributed by atoms with Gasteiger partial charge in [0, 0.05) is 24.2 Å². The molecule has 1 N–H and O–H groups in total. The highest BCUT2D eigenvalue weighted by Crippen LogP contribution is 2.33. The van der Waals surface area contributed by atoms with Gasteiger partial charge >= 0.3 is 0 Å². The molecule has 2 heterocycles. The zero-order valence-corrected chi connectivity index (χ0v) is 19.7. The monoisotopic (exact) mass is 476 g/mol. The largest absolute Gasteiger partial charge is 0.497 e. The van der Waals surface area contributed by atoms with Crippen molar-refractivity contribution in [2.24, 2.45) is 0 Å². The van der Waals surface area contributed by atoms with Crippen LogP contribution in [0.25, 0.3) is 21.1 Å². The van der Waals surface area contributed by atoms with Crippen LogP contribution in [-0.4, -0.2) is 40.9 Å². The smallest absolute Gasteiger partial charge is 0.266 e. The Morgan fingerprint density at radius 3 is 2.65 bits per heavy atom. The van der Waals surface area contributed by atoms with E-state index in [-0.39, 0.29) is 31.2 Å². The molecule has 0 aliphatic heterocycles. The number of hydrogen-bond donors (Lipinski definition) is 1. The number of carbonyl (C=O) groups is 1. The van der Waals surface area contributed by atoms with E-state index in [1.54, 1.807) is 37.4 Å². The predicted molar refractivity (Wildman–Crippen MR) is 131 cm³/mol. The number of carbonyl (C=O) groups excluding carboxylic acids is 1. The number of hydrogen-bond acceptors (Lipinski definition) is 7. The van der Waals surface area contributed by atoms with Gasteiger partial charge in [-0.15, -0.1) is 11.3 Å². The van der Waals surface area contributed by atoms with Gasteiger partial charge in [-0.1, -0.05) is 36.4 Å². The maximum atomic E-state index is 12.3. The van der Waals surface area contributed by atoms with E-state index in [4.69, 9.17) is 9.47 Å². The molecule has 0 radical (unpaired) electrons. The van der Waals surface area contributed by atoms with Gasteiger partial charge < -0.3 is 14.8 Å². The van der Waals surface area contributed by atoms with Crippen LogP contribution in [0, 0.1) is 6.92 Å². The molecule has 2 aromatic heterocycles. The molecule has 0 unspecified atom stereocenters. The topological polar surface area (TPSA) is 95.3 Å². The van der Waals surface area contributed by atoms with Gasteiger partial charge in [-0.2, -0.15) is 5.10 Å². The fraction of sp³-hybridized carbons (Fsp3) is 0.200. The lowest BCUT2D eigenvalue weighted by molar-refractivity contribution is -0.123. The van der Waals surface area contributed by atoms with Crippen molar-refractivity contribution < 1.29 is 14.3 Å². The molecule has 0 atom stereocenters. The lowest BCUT2D eigenvalue weighted by Crippen LogP contribution is -2.34. The van der Waals surface area contributed by atoms with Gasteiger partial charge in [0.25, 0.3) is 11.5 Å². The van der Waals surface area contributed by atoms with Crippen LogP contribution in [0.3, 0.4) is 0 Å². The molecule has 174 valence electrons. The Labute approximate surface area is 200 Å². The van der Waals surface area contributed by atoms with Gasteiger partial charge in [-0.05, 0) is 25.1 Å². The van der Waals surface area contributed by atoms with Gasteiger partial charge in [-0.25, -0.2) is 9.67 Å². The molecule has 4 aromatic rings. The van der Waals surface area contributed by atoms with Crippen LogP contribution >= 0.6 is 11.3 Å². The zero-order valence-electron chi connectivity index (χ0n) is 18.9. The molecule has 0 spiro atoms. The summed E-state index contributed by atoms with van der Waals surface area (Å²) in [5.41, 5.74) is 2.32. The third kappa shape index (κ3) is 5.68. The van der Waals surface area contributed by atoms with E-state index in [1.165, 1.54) is 22.1 Å². The molecule has 0 saturated carbocycles. The van der Waals surface area contributed by atoms with E-state index < -0.39 is 0 Å². The van der Waals surface area contributed by atoms with Gasteiger partial charge in [0.2, 0.25) is 0 Å². The van der Waals surface area contributed by atoms with Gasteiger partial charge in [0.05, 0.1) is 24.2 Å². The first kappa shape index (κ1) is 23.2. The van der Waals surface area contributed by atoms with Crippen LogP contribution in [0.15, 0.2) is 71.5 Å². The SMILES string of the molecule is COc1cccc(OCC(=O)NCCn2nc(-c3sc(-c4ccccc4)nc3C)ccc2=O)c1. The standard InChI is InChI=1S/C25H24N4O4S/c1-17-24(34-25(27-17)18-7-4-3-5-8-18)21-11-12-23(31)29(28-21)14-13-26-22(30)16-33-20-10-6-9-19(15-20)32-2/h3-12,15H,13-14,16H2,1-2H3,(H,26,30). The number of aryl methyl sites for hydroxylation is 1. The Kier molecular flexibility index (Phi) is 7.34. The Morgan fingerprint density at radius 2 is 1.85 bits per heavy atom. The molecule has 34 heavy (non-hydrogen) atoms. The van der Waals surface area contributed by atoms with Crippen molar-refractivity contribution in [1.82, 2.24) is 20.1 Å². The van der Waals surface area contributed by atoms with Crippen molar-refractivity contribution in [3.63, 3.8) is 0 Å². The molecular formula is C25H24N4O4S. The molecule has 8 nitrogen and oxygen atoms in total. The fourth-order valence-electron chi connectivity index (χ4n) is 3.26. The molecule has 2 aromatic carbocycles. The Bertz CT molecular complexity index is 1330. The normalized spacial score (nSPS) is 10.6. The van der Waals surface area contributed by atoms with Crippen molar-refractivity contribution in [1.29, 1.82) is 0 Å². The zero-order chi connectivity index (χ0) is 23.9. The third-order valence-corrected chi connectivity index (χ3v) is 6.20. The molecule has 9 heteroatoms. The number of benzene rings is 2. The van der Waals surface area contributed by atoms with E-state index in [0.717, 1.165) is 21.1 Å². The van der Waals surface area contributed by atoms with Crippen molar-refractivity contribution in [3.8, 4) is 32.6 Å². The van der Waals surface area contributed by atoms with E-state index in [0.29, 0.717) is 17.2 Å². The molecule has 0 aliphatic carbocycles. The van der Waals surface area contributed by atoms with Crippen molar-refractivity contribution in [2.45, 2.75) is 13.5 Å². The quantitative estimate of drug-likeness (QED) is 0.397. The maximum absolute atomic E-state index is 12.3. The third-order valence-electron chi connectivity index (χ3n) is 4.97.